The maximum Gasteiger partial charge on any atom is 0.416 e. The molecule has 0 unspecified atom stereocenters. The zero-order valence-corrected chi connectivity index (χ0v) is 21.8. The first-order valence-electron chi connectivity index (χ1n) is 12.0. The standard InChI is InChI=1S/C27H35F3N4O3/c1-17-9-10-19(18(2)13-17)11-12-31-15-22(25(37)34-26(3,4)5)33-23(35)16-32-24(36)20-7-6-8-21(14-20)27(28,29)30/h6-10,13-14,22,31H,11-12,15-16H2,1-5H3,(H,32,36)(H,33,35)(H,34,37)/t22-/m0/s1. The molecular formula is C27H35F3N4O3. The van der Waals surface area contributed by atoms with Crippen LogP contribution >= 0.6 is 0 Å². The van der Waals surface area contributed by atoms with Crippen molar-refractivity contribution in [3.05, 3.63) is 70.3 Å². The Morgan fingerprint density at radius 1 is 0.973 bits per heavy atom. The number of nitrogens with one attached hydrogen (secondary N) is 4. The Kier molecular flexibility index (Phi) is 10.2. The van der Waals surface area contributed by atoms with E-state index >= 15 is 0 Å². The normalized spacial score (nSPS) is 12.5. The summed E-state index contributed by atoms with van der Waals surface area (Å²) >= 11 is 0. The average molecular weight is 521 g/mol. The van der Waals surface area contributed by atoms with E-state index in [4.69, 9.17) is 0 Å². The predicted octanol–water partition coefficient (Wildman–Crippen LogP) is 3.28. The third-order valence-electron chi connectivity index (χ3n) is 5.43. The second-order valence-electron chi connectivity index (χ2n) is 10.0. The fourth-order valence-corrected chi connectivity index (χ4v) is 3.61. The van der Waals surface area contributed by atoms with Gasteiger partial charge in [0.1, 0.15) is 6.04 Å². The monoisotopic (exact) mass is 520 g/mol. The molecule has 0 aliphatic carbocycles. The second-order valence-corrected chi connectivity index (χ2v) is 10.0. The quantitative estimate of drug-likeness (QED) is 0.362. The first-order valence-corrected chi connectivity index (χ1v) is 12.0. The van der Waals surface area contributed by atoms with Crippen LogP contribution in [-0.4, -0.2) is 48.9 Å². The number of hydrogen-bond donors (Lipinski definition) is 4. The molecule has 0 aromatic heterocycles. The molecule has 37 heavy (non-hydrogen) atoms. The topological polar surface area (TPSA) is 99.3 Å². The number of amides is 3. The molecule has 2 aromatic carbocycles. The zero-order valence-electron chi connectivity index (χ0n) is 21.8. The molecule has 2 aromatic rings. The van der Waals surface area contributed by atoms with Gasteiger partial charge in [0.25, 0.3) is 5.91 Å². The highest BCUT2D eigenvalue weighted by Crippen LogP contribution is 2.29. The van der Waals surface area contributed by atoms with E-state index in [-0.39, 0.29) is 12.1 Å². The van der Waals surface area contributed by atoms with Crippen LogP contribution in [0.4, 0.5) is 13.2 Å². The summed E-state index contributed by atoms with van der Waals surface area (Å²) in [6, 6.07) is 9.19. The van der Waals surface area contributed by atoms with Gasteiger partial charge in [-0.05, 0) is 76.9 Å². The fourth-order valence-electron chi connectivity index (χ4n) is 3.61. The summed E-state index contributed by atoms with van der Waals surface area (Å²) in [5.41, 5.74) is 1.81. The van der Waals surface area contributed by atoms with Gasteiger partial charge in [-0.3, -0.25) is 14.4 Å². The molecule has 7 nitrogen and oxygen atoms in total. The molecule has 4 N–H and O–H groups in total. The number of benzene rings is 2. The number of halogens is 3. The van der Waals surface area contributed by atoms with Crippen molar-refractivity contribution in [3.8, 4) is 0 Å². The molecule has 0 saturated carbocycles. The van der Waals surface area contributed by atoms with E-state index in [2.05, 4.69) is 33.4 Å². The van der Waals surface area contributed by atoms with Crippen LogP contribution in [0.2, 0.25) is 0 Å². The molecule has 0 fully saturated rings. The van der Waals surface area contributed by atoms with Crippen LogP contribution in [0.5, 0.6) is 0 Å². The van der Waals surface area contributed by atoms with Gasteiger partial charge in [-0.2, -0.15) is 13.2 Å². The van der Waals surface area contributed by atoms with Gasteiger partial charge in [0, 0.05) is 17.6 Å². The molecule has 0 saturated heterocycles. The van der Waals surface area contributed by atoms with E-state index in [9.17, 15) is 27.6 Å². The molecule has 10 heteroatoms. The van der Waals surface area contributed by atoms with Crippen molar-refractivity contribution in [1.29, 1.82) is 0 Å². The summed E-state index contributed by atoms with van der Waals surface area (Å²) in [6.07, 6.45) is -3.85. The van der Waals surface area contributed by atoms with Crippen LogP contribution in [0.1, 0.15) is 53.4 Å². The van der Waals surface area contributed by atoms with Crippen molar-refractivity contribution in [2.75, 3.05) is 19.6 Å². The SMILES string of the molecule is Cc1ccc(CCNC[C@H](NC(=O)CNC(=O)c2cccc(C(F)(F)F)c2)C(=O)NC(C)(C)C)c(C)c1. The molecule has 0 aliphatic rings. The van der Waals surface area contributed by atoms with Crippen molar-refractivity contribution in [2.45, 2.75) is 58.8 Å². The van der Waals surface area contributed by atoms with Gasteiger partial charge in [-0.1, -0.05) is 29.8 Å². The number of rotatable bonds is 10. The second kappa shape index (κ2) is 12.7. The Morgan fingerprint density at radius 2 is 1.68 bits per heavy atom. The Balaban J connectivity index is 1.95. The molecular weight excluding hydrogens is 485 g/mol. The third-order valence-corrected chi connectivity index (χ3v) is 5.43. The Bertz CT molecular complexity index is 1110. The van der Waals surface area contributed by atoms with Crippen LogP contribution < -0.4 is 21.3 Å². The van der Waals surface area contributed by atoms with Gasteiger partial charge in [0.15, 0.2) is 0 Å². The van der Waals surface area contributed by atoms with Crippen LogP contribution in [0, 0.1) is 13.8 Å². The number of hydrogen-bond acceptors (Lipinski definition) is 4. The first-order chi connectivity index (χ1) is 17.2. The zero-order chi connectivity index (χ0) is 27.8. The summed E-state index contributed by atoms with van der Waals surface area (Å²) in [5.74, 6) is -1.88. The predicted molar refractivity (Wildman–Crippen MR) is 136 cm³/mol. The number of carbonyl (C=O) groups is 3. The van der Waals surface area contributed by atoms with E-state index in [1.54, 1.807) is 0 Å². The summed E-state index contributed by atoms with van der Waals surface area (Å²) in [5, 5.41) is 10.9. The van der Waals surface area contributed by atoms with E-state index in [1.165, 1.54) is 22.8 Å². The van der Waals surface area contributed by atoms with Gasteiger partial charge in [-0.15, -0.1) is 0 Å². The first kappa shape index (κ1) is 29.8. The number of alkyl halides is 3. The lowest BCUT2D eigenvalue weighted by Crippen LogP contribution is -2.57. The van der Waals surface area contributed by atoms with E-state index < -0.39 is 47.6 Å². The van der Waals surface area contributed by atoms with Crippen LogP contribution in [-0.2, 0) is 22.2 Å². The third kappa shape index (κ3) is 10.2. The molecule has 2 rings (SSSR count). The van der Waals surface area contributed by atoms with E-state index in [0.29, 0.717) is 12.6 Å². The average Bonchev–Trinajstić information content (AvgIpc) is 2.79. The summed E-state index contributed by atoms with van der Waals surface area (Å²) in [7, 11) is 0. The van der Waals surface area contributed by atoms with Gasteiger partial charge >= 0.3 is 6.18 Å². The highest BCUT2D eigenvalue weighted by Gasteiger charge is 2.31. The van der Waals surface area contributed by atoms with Gasteiger partial charge in [0.2, 0.25) is 11.8 Å². The summed E-state index contributed by atoms with van der Waals surface area (Å²) in [4.78, 5) is 37.6. The lowest BCUT2D eigenvalue weighted by molar-refractivity contribution is -0.137. The van der Waals surface area contributed by atoms with Crippen molar-refractivity contribution >= 4 is 17.7 Å². The van der Waals surface area contributed by atoms with E-state index in [1.807, 2.05) is 40.7 Å². The molecule has 0 radical (unpaired) electrons. The van der Waals surface area contributed by atoms with Crippen LogP contribution in [0.15, 0.2) is 42.5 Å². The van der Waals surface area contributed by atoms with Crippen LogP contribution in [0.25, 0.3) is 0 Å². The smallest absolute Gasteiger partial charge is 0.350 e. The molecule has 3 amide bonds. The van der Waals surface area contributed by atoms with Crippen molar-refractivity contribution in [1.82, 2.24) is 21.3 Å². The van der Waals surface area contributed by atoms with Crippen LogP contribution in [0.3, 0.4) is 0 Å². The number of aryl methyl sites for hydroxylation is 2. The maximum absolute atomic E-state index is 12.9. The molecule has 0 aliphatic heterocycles. The Morgan fingerprint density at radius 3 is 2.30 bits per heavy atom. The lowest BCUT2D eigenvalue weighted by Gasteiger charge is -2.26. The molecule has 1 atom stereocenters. The largest absolute Gasteiger partial charge is 0.416 e. The Hall–Kier alpha value is -3.40. The maximum atomic E-state index is 12.9. The van der Waals surface area contributed by atoms with Gasteiger partial charge in [0.05, 0.1) is 12.1 Å². The molecule has 0 bridgehead atoms. The molecule has 202 valence electrons. The van der Waals surface area contributed by atoms with Crippen molar-refractivity contribution < 1.29 is 27.6 Å². The highest BCUT2D eigenvalue weighted by molar-refractivity contribution is 5.97. The highest BCUT2D eigenvalue weighted by atomic mass is 19.4. The minimum atomic E-state index is -4.59. The summed E-state index contributed by atoms with van der Waals surface area (Å²) < 4.78 is 38.7. The fraction of sp³-hybridized carbons (Fsp3) is 0.444. The van der Waals surface area contributed by atoms with Crippen molar-refractivity contribution in [3.63, 3.8) is 0 Å². The Labute approximate surface area is 215 Å². The molecule has 0 heterocycles. The summed E-state index contributed by atoms with van der Waals surface area (Å²) in [6.45, 7) is 9.72. The van der Waals surface area contributed by atoms with Gasteiger partial charge < -0.3 is 21.3 Å². The lowest BCUT2D eigenvalue weighted by atomic mass is 10.0. The van der Waals surface area contributed by atoms with Crippen molar-refractivity contribution in [2.24, 2.45) is 0 Å². The minimum absolute atomic E-state index is 0.153. The number of carbonyl (C=O) groups excluding carboxylic acids is 3. The molecule has 0 spiro atoms. The minimum Gasteiger partial charge on any atom is -0.350 e. The van der Waals surface area contributed by atoms with E-state index in [0.717, 1.165) is 18.6 Å². The van der Waals surface area contributed by atoms with Gasteiger partial charge in [-0.25, -0.2) is 0 Å².